The van der Waals surface area contributed by atoms with E-state index < -0.39 is 10.0 Å². The first kappa shape index (κ1) is 16.4. The maximum absolute atomic E-state index is 11.7. The molecule has 1 heterocycles. The normalized spacial score (nSPS) is 11.4. The summed E-state index contributed by atoms with van der Waals surface area (Å²) in [6, 6.07) is 0. The Hall–Kier alpha value is -1.61. The van der Waals surface area contributed by atoms with Gasteiger partial charge < -0.3 is 15.4 Å². The number of rotatable bonds is 8. The second kappa shape index (κ2) is 7.25. The predicted octanol–water partition coefficient (Wildman–Crippen LogP) is 0.220. The molecule has 0 atom stereocenters. The fraction of sp³-hybridized carbons (Fsp3) is 0.636. The number of methoxy groups -OCH3 is 1. The van der Waals surface area contributed by atoms with Crippen molar-refractivity contribution in [3.63, 3.8) is 0 Å². The van der Waals surface area contributed by atoms with Gasteiger partial charge in [0.1, 0.15) is 6.33 Å². The first-order chi connectivity index (χ1) is 9.42. The van der Waals surface area contributed by atoms with E-state index >= 15 is 0 Å². The number of sulfonamides is 1. The van der Waals surface area contributed by atoms with Crippen LogP contribution in [0.1, 0.15) is 6.92 Å². The molecule has 1 rings (SSSR count). The molecule has 0 saturated heterocycles. The van der Waals surface area contributed by atoms with Crippen molar-refractivity contribution in [3.8, 4) is 5.75 Å². The predicted molar refractivity (Wildman–Crippen MR) is 78.7 cm³/mol. The first-order valence-corrected chi connectivity index (χ1v) is 7.80. The Labute approximate surface area is 119 Å². The fourth-order valence-corrected chi connectivity index (χ4v) is 2.19. The summed E-state index contributed by atoms with van der Waals surface area (Å²) >= 11 is 0. The minimum Gasteiger partial charge on any atom is -0.490 e. The lowest BCUT2D eigenvalue weighted by atomic mass is 10.4. The highest BCUT2D eigenvalue weighted by atomic mass is 32.2. The molecule has 1 aromatic rings. The van der Waals surface area contributed by atoms with E-state index in [9.17, 15) is 8.42 Å². The van der Waals surface area contributed by atoms with Gasteiger partial charge in [0.05, 0.1) is 12.9 Å². The van der Waals surface area contributed by atoms with E-state index in [1.165, 1.54) is 31.8 Å². The van der Waals surface area contributed by atoms with E-state index in [4.69, 9.17) is 4.74 Å². The lowest BCUT2D eigenvalue weighted by Gasteiger charge is -2.15. The maximum atomic E-state index is 11.7. The summed E-state index contributed by atoms with van der Waals surface area (Å²) in [5.41, 5.74) is 0. The summed E-state index contributed by atoms with van der Waals surface area (Å²) < 4.78 is 29.7. The molecule has 0 unspecified atom stereocenters. The van der Waals surface area contributed by atoms with Crippen LogP contribution in [0, 0.1) is 0 Å². The Morgan fingerprint density at radius 2 is 1.85 bits per heavy atom. The van der Waals surface area contributed by atoms with Crippen LogP contribution in [0.5, 0.6) is 5.75 Å². The number of ether oxygens (including phenoxy) is 1. The smallest absolute Gasteiger partial charge is 0.215 e. The van der Waals surface area contributed by atoms with Gasteiger partial charge in [-0.25, -0.2) is 22.7 Å². The molecule has 0 fully saturated rings. The van der Waals surface area contributed by atoms with Crippen LogP contribution in [0.4, 0.5) is 11.6 Å². The van der Waals surface area contributed by atoms with Gasteiger partial charge in [0, 0.05) is 27.2 Å². The van der Waals surface area contributed by atoms with Crippen molar-refractivity contribution in [1.29, 1.82) is 0 Å². The van der Waals surface area contributed by atoms with E-state index in [1.807, 2.05) is 6.92 Å². The molecule has 0 aromatic carbocycles. The fourth-order valence-electron chi connectivity index (χ4n) is 1.47. The monoisotopic (exact) mass is 303 g/mol. The van der Waals surface area contributed by atoms with Crippen LogP contribution >= 0.6 is 0 Å². The van der Waals surface area contributed by atoms with Gasteiger partial charge in [-0.2, -0.15) is 0 Å². The molecule has 2 N–H and O–H groups in total. The van der Waals surface area contributed by atoms with Gasteiger partial charge in [0.25, 0.3) is 0 Å². The highest BCUT2D eigenvalue weighted by molar-refractivity contribution is 7.89. The molecule has 0 spiro atoms. The average Bonchev–Trinajstić information content (AvgIpc) is 2.39. The first-order valence-electron chi connectivity index (χ1n) is 6.19. The number of aromatic nitrogens is 2. The van der Waals surface area contributed by atoms with Crippen molar-refractivity contribution in [2.45, 2.75) is 6.92 Å². The van der Waals surface area contributed by atoms with Crippen molar-refractivity contribution < 1.29 is 13.2 Å². The molecule has 0 saturated carbocycles. The van der Waals surface area contributed by atoms with Gasteiger partial charge in [-0.3, -0.25) is 0 Å². The third kappa shape index (κ3) is 4.20. The second-order valence-electron chi connectivity index (χ2n) is 4.16. The summed E-state index contributed by atoms with van der Waals surface area (Å²) in [7, 11) is 1.29. The standard InChI is InChI=1S/C11H21N5O3S/c1-5-12-10-9(19-4)11(15-8-14-10)13-6-7-20(17,18)16(2)3/h8H,5-7H2,1-4H3,(H2,12,13,14,15). The van der Waals surface area contributed by atoms with Gasteiger partial charge in [-0.1, -0.05) is 0 Å². The van der Waals surface area contributed by atoms with E-state index in [-0.39, 0.29) is 12.3 Å². The van der Waals surface area contributed by atoms with E-state index in [0.717, 1.165) is 0 Å². The number of anilines is 2. The largest absolute Gasteiger partial charge is 0.490 e. The summed E-state index contributed by atoms with van der Waals surface area (Å²) in [6.07, 6.45) is 1.39. The molecular weight excluding hydrogens is 282 g/mol. The van der Waals surface area contributed by atoms with Crippen LogP contribution in [0.3, 0.4) is 0 Å². The van der Waals surface area contributed by atoms with Crippen LogP contribution in [-0.2, 0) is 10.0 Å². The van der Waals surface area contributed by atoms with Crippen molar-refractivity contribution >= 4 is 21.7 Å². The van der Waals surface area contributed by atoms with E-state index in [1.54, 1.807) is 0 Å². The molecule has 0 amide bonds. The number of nitrogens with one attached hydrogen (secondary N) is 2. The zero-order chi connectivity index (χ0) is 15.2. The minimum absolute atomic E-state index is 0.0241. The number of hydrogen-bond donors (Lipinski definition) is 2. The lowest BCUT2D eigenvalue weighted by Crippen LogP contribution is -2.28. The zero-order valence-corrected chi connectivity index (χ0v) is 13.0. The molecule has 8 nitrogen and oxygen atoms in total. The van der Waals surface area contributed by atoms with Crippen LogP contribution < -0.4 is 15.4 Å². The van der Waals surface area contributed by atoms with Crippen molar-refractivity contribution in [2.75, 3.05) is 50.7 Å². The Kier molecular flexibility index (Phi) is 5.96. The van der Waals surface area contributed by atoms with Gasteiger partial charge in [0.15, 0.2) is 11.6 Å². The maximum Gasteiger partial charge on any atom is 0.215 e. The van der Waals surface area contributed by atoms with Gasteiger partial charge in [0.2, 0.25) is 15.8 Å². The summed E-state index contributed by atoms with van der Waals surface area (Å²) in [4.78, 5) is 8.13. The molecule has 1 aromatic heterocycles. The Morgan fingerprint density at radius 1 is 1.25 bits per heavy atom. The molecule has 0 aliphatic carbocycles. The molecule has 0 radical (unpaired) electrons. The minimum atomic E-state index is -3.24. The Balaban J connectivity index is 2.76. The number of hydrogen-bond acceptors (Lipinski definition) is 7. The topological polar surface area (TPSA) is 96.4 Å². The highest BCUT2D eigenvalue weighted by Crippen LogP contribution is 2.28. The lowest BCUT2D eigenvalue weighted by molar-refractivity contribution is 0.414. The van der Waals surface area contributed by atoms with Crippen LogP contribution in [0.15, 0.2) is 6.33 Å². The van der Waals surface area contributed by atoms with Crippen molar-refractivity contribution in [3.05, 3.63) is 6.33 Å². The Morgan fingerprint density at radius 3 is 2.35 bits per heavy atom. The third-order valence-electron chi connectivity index (χ3n) is 2.56. The summed E-state index contributed by atoms with van der Waals surface area (Å²) in [5.74, 6) is 1.48. The molecule has 20 heavy (non-hydrogen) atoms. The van der Waals surface area contributed by atoms with Crippen LogP contribution in [-0.4, -0.2) is 62.7 Å². The Bertz CT molecular complexity index is 533. The van der Waals surface area contributed by atoms with E-state index in [2.05, 4.69) is 20.6 Å². The van der Waals surface area contributed by atoms with Crippen LogP contribution in [0.2, 0.25) is 0 Å². The summed E-state index contributed by atoms with van der Waals surface area (Å²) in [5, 5.41) is 6.00. The molecule has 0 aliphatic heterocycles. The van der Waals surface area contributed by atoms with Gasteiger partial charge in [-0.05, 0) is 6.92 Å². The van der Waals surface area contributed by atoms with Gasteiger partial charge >= 0.3 is 0 Å². The zero-order valence-electron chi connectivity index (χ0n) is 12.2. The molecule has 9 heteroatoms. The highest BCUT2D eigenvalue weighted by Gasteiger charge is 2.15. The number of nitrogens with zero attached hydrogens (tertiary/aromatic N) is 3. The van der Waals surface area contributed by atoms with Crippen molar-refractivity contribution in [1.82, 2.24) is 14.3 Å². The third-order valence-corrected chi connectivity index (χ3v) is 4.39. The van der Waals surface area contributed by atoms with Crippen LogP contribution in [0.25, 0.3) is 0 Å². The SMILES string of the molecule is CCNc1ncnc(NCCS(=O)(=O)N(C)C)c1OC. The second-order valence-corrected chi connectivity index (χ2v) is 6.46. The molecular formula is C11H21N5O3S. The molecule has 0 bridgehead atoms. The molecule has 114 valence electrons. The average molecular weight is 303 g/mol. The van der Waals surface area contributed by atoms with Crippen molar-refractivity contribution in [2.24, 2.45) is 0 Å². The van der Waals surface area contributed by atoms with Gasteiger partial charge in [-0.15, -0.1) is 0 Å². The van der Waals surface area contributed by atoms with E-state index in [0.29, 0.717) is 23.9 Å². The quantitative estimate of drug-likeness (QED) is 0.709. The molecule has 0 aliphatic rings. The summed E-state index contributed by atoms with van der Waals surface area (Å²) in [6.45, 7) is 2.87.